The van der Waals surface area contributed by atoms with Crippen LogP contribution < -0.4 is 9.04 Å². The maximum atomic E-state index is 13.6. The van der Waals surface area contributed by atoms with Gasteiger partial charge in [-0.1, -0.05) is 0 Å². The van der Waals surface area contributed by atoms with Crippen LogP contribution in [0.15, 0.2) is 46.2 Å². The molecule has 0 aliphatic carbocycles. The molecule has 1 amide bonds. The topological polar surface area (TPSA) is 104 Å². The zero-order chi connectivity index (χ0) is 24.7. The van der Waals surface area contributed by atoms with Crippen LogP contribution in [0.25, 0.3) is 0 Å². The Morgan fingerprint density at radius 1 is 0.912 bits per heavy atom. The number of ether oxygens (including phenoxy) is 1. The Morgan fingerprint density at radius 2 is 1.59 bits per heavy atom. The first-order chi connectivity index (χ1) is 16.1. The van der Waals surface area contributed by atoms with Gasteiger partial charge in [-0.15, -0.1) is 0 Å². The Labute approximate surface area is 201 Å². The Bertz CT molecular complexity index is 1320. The quantitative estimate of drug-likeness (QED) is 0.594. The molecular weight excluding hydrogens is 478 g/mol. The number of anilines is 1. The maximum Gasteiger partial charge on any atom is 0.264 e. The summed E-state index contributed by atoms with van der Waals surface area (Å²) < 4.78 is 59.8. The molecule has 0 aromatic heterocycles. The van der Waals surface area contributed by atoms with Crippen molar-refractivity contribution in [2.75, 3.05) is 45.1 Å². The first kappa shape index (κ1) is 24.5. The third kappa shape index (κ3) is 4.27. The fraction of sp³-hybridized carbons (Fsp3) is 0.435. The standard InChI is InChI=1S/C23H29N3O6S2/c1-24(2)33(28,29)18-7-9-21-17(15-18)11-14-26(21)34(30,31)19-8-10-22(32-3)20(16-19)23(27)25-12-5-4-6-13-25/h7-10,15-16H,4-6,11-14H2,1-3H3. The van der Waals surface area contributed by atoms with Gasteiger partial charge in [0.2, 0.25) is 10.0 Å². The molecule has 184 valence electrons. The van der Waals surface area contributed by atoms with Crippen molar-refractivity contribution >= 4 is 31.6 Å². The lowest BCUT2D eigenvalue weighted by molar-refractivity contribution is 0.0720. The van der Waals surface area contributed by atoms with Gasteiger partial charge < -0.3 is 9.64 Å². The van der Waals surface area contributed by atoms with Gasteiger partial charge in [-0.3, -0.25) is 9.10 Å². The molecule has 0 saturated carbocycles. The molecule has 4 rings (SSSR count). The summed E-state index contributed by atoms with van der Waals surface area (Å²) in [7, 11) is -3.26. The van der Waals surface area contributed by atoms with Crippen molar-refractivity contribution in [2.45, 2.75) is 35.5 Å². The molecule has 11 heteroatoms. The summed E-state index contributed by atoms with van der Waals surface area (Å²) in [5, 5.41) is 0. The molecule has 0 atom stereocenters. The zero-order valence-electron chi connectivity index (χ0n) is 19.5. The Kier molecular flexibility index (Phi) is 6.63. The number of nitrogens with zero attached hydrogens (tertiary/aromatic N) is 3. The molecule has 0 N–H and O–H groups in total. The summed E-state index contributed by atoms with van der Waals surface area (Å²) in [4.78, 5) is 15.0. The molecule has 2 aromatic carbocycles. The van der Waals surface area contributed by atoms with E-state index >= 15 is 0 Å². The van der Waals surface area contributed by atoms with Crippen LogP contribution in [-0.2, 0) is 26.5 Å². The van der Waals surface area contributed by atoms with E-state index < -0.39 is 20.0 Å². The molecule has 34 heavy (non-hydrogen) atoms. The van der Waals surface area contributed by atoms with E-state index in [4.69, 9.17) is 4.74 Å². The average Bonchev–Trinajstić information content (AvgIpc) is 3.28. The molecule has 0 bridgehead atoms. The summed E-state index contributed by atoms with van der Waals surface area (Å²) in [5.74, 6) is 0.0869. The lowest BCUT2D eigenvalue weighted by Gasteiger charge is -2.27. The second kappa shape index (κ2) is 9.20. The van der Waals surface area contributed by atoms with Gasteiger partial charge in [-0.2, -0.15) is 0 Å². The number of sulfonamides is 2. The van der Waals surface area contributed by atoms with Crippen molar-refractivity contribution in [1.29, 1.82) is 0 Å². The minimum absolute atomic E-state index is 0.00787. The largest absolute Gasteiger partial charge is 0.496 e. The number of rotatable bonds is 6. The van der Waals surface area contributed by atoms with Gasteiger partial charge in [0.1, 0.15) is 5.75 Å². The van der Waals surface area contributed by atoms with E-state index in [1.165, 1.54) is 61.9 Å². The summed E-state index contributed by atoms with van der Waals surface area (Å²) in [6, 6.07) is 8.80. The Morgan fingerprint density at radius 3 is 2.24 bits per heavy atom. The first-order valence-corrected chi connectivity index (χ1v) is 14.0. The lowest BCUT2D eigenvalue weighted by Crippen LogP contribution is -2.36. The number of amides is 1. The van der Waals surface area contributed by atoms with Crippen molar-refractivity contribution in [2.24, 2.45) is 0 Å². The summed E-state index contributed by atoms with van der Waals surface area (Å²) in [5.41, 5.74) is 1.30. The molecule has 2 aliphatic rings. The number of hydrogen-bond donors (Lipinski definition) is 0. The van der Waals surface area contributed by atoms with Gasteiger partial charge in [-0.25, -0.2) is 21.1 Å². The predicted octanol–water partition coefficient (Wildman–Crippen LogP) is 2.32. The van der Waals surface area contributed by atoms with Crippen molar-refractivity contribution in [3.05, 3.63) is 47.5 Å². The van der Waals surface area contributed by atoms with Gasteiger partial charge in [0.15, 0.2) is 0 Å². The molecule has 9 nitrogen and oxygen atoms in total. The third-order valence-electron chi connectivity index (χ3n) is 6.32. The van der Waals surface area contributed by atoms with Crippen molar-refractivity contribution in [3.63, 3.8) is 0 Å². The Balaban J connectivity index is 1.69. The highest BCUT2D eigenvalue weighted by Crippen LogP contribution is 2.36. The molecule has 2 aromatic rings. The van der Waals surface area contributed by atoms with E-state index in [0.29, 0.717) is 36.5 Å². The molecule has 1 fully saturated rings. The van der Waals surface area contributed by atoms with E-state index in [1.54, 1.807) is 4.90 Å². The van der Waals surface area contributed by atoms with Crippen molar-refractivity contribution in [1.82, 2.24) is 9.21 Å². The van der Waals surface area contributed by atoms with Gasteiger partial charge in [0, 0.05) is 33.7 Å². The number of methoxy groups -OCH3 is 1. The van der Waals surface area contributed by atoms with E-state index in [-0.39, 0.29) is 27.8 Å². The van der Waals surface area contributed by atoms with Crippen molar-refractivity contribution < 1.29 is 26.4 Å². The molecule has 1 saturated heterocycles. The minimum Gasteiger partial charge on any atom is -0.496 e. The third-order valence-corrected chi connectivity index (χ3v) is 9.94. The fourth-order valence-electron chi connectivity index (χ4n) is 4.38. The summed E-state index contributed by atoms with van der Waals surface area (Å²) >= 11 is 0. The average molecular weight is 508 g/mol. The number of carbonyl (C=O) groups excluding carboxylic acids is 1. The smallest absolute Gasteiger partial charge is 0.264 e. The van der Waals surface area contributed by atoms with Crippen LogP contribution >= 0.6 is 0 Å². The number of hydrogen-bond acceptors (Lipinski definition) is 6. The van der Waals surface area contributed by atoms with E-state index in [1.807, 2.05) is 0 Å². The highest BCUT2D eigenvalue weighted by molar-refractivity contribution is 7.92. The number of benzene rings is 2. The van der Waals surface area contributed by atoms with Gasteiger partial charge >= 0.3 is 0 Å². The van der Waals surface area contributed by atoms with Crippen LogP contribution in [0.3, 0.4) is 0 Å². The first-order valence-electron chi connectivity index (χ1n) is 11.1. The number of likely N-dealkylation sites (tertiary alicyclic amines) is 1. The van der Waals surface area contributed by atoms with Crippen LogP contribution in [0.5, 0.6) is 5.75 Å². The van der Waals surface area contributed by atoms with E-state index in [9.17, 15) is 21.6 Å². The van der Waals surface area contributed by atoms with E-state index in [0.717, 1.165) is 23.6 Å². The van der Waals surface area contributed by atoms with Crippen LogP contribution in [0.1, 0.15) is 35.2 Å². The van der Waals surface area contributed by atoms with Crippen LogP contribution in [0.2, 0.25) is 0 Å². The Hall–Kier alpha value is -2.63. The second-order valence-corrected chi connectivity index (χ2v) is 12.6. The number of carbonyl (C=O) groups is 1. The second-order valence-electron chi connectivity index (χ2n) is 8.62. The predicted molar refractivity (Wildman–Crippen MR) is 128 cm³/mol. The molecular formula is C23H29N3O6S2. The van der Waals surface area contributed by atoms with Gasteiger partial charge in [0.05, 0.1) is 28.2 Å². The zero-order valence-corrected chi connectivity index (χ0v) is 21.2. The van der Waals surface area contributed by atoms with E-state index in [2.05, 4.69) is 0 Å². The molecule has 0 unspecified atom stereocenters. The maximum absolute atomic E-state index is 13.6. The SMILES string of the molecule is COc1ccc(S(=O)(=O)N2CCc3cc(S(=O)(=O)N(C)C)ccc32)cc1C(=O)N1CCCCC1. The monoisotopic (exact) mass is 507 g/mol. The molecule has 2 heterocycles. The molecule has 0 radical (unpaired) electrons. The van der Waals surface area contributed by atoms with Gasteiger partial charge in [-0.05, 0) is 67.6 Å². The number of fused-ring (bicyclic) bond motifs is 1. The highest BCUT2D eigenvalue weighted by Gasteiger charge is 2.33. The van der Waals surface area contributed by atoms with Crippen LogP contribution in [-0.4, -0.2) is 72.8 Å². The number of piperidine rings is 1. The normalized spacial score (nSPS) is 16.6. The lowest BCUT2D eigenvalue weighted by atomic mass is 10.1. The van der Waals surface area contributed by atoms with Crippen molar-refractivity contribution in [3.8, 4) is 5.75 Å². The summed E-state index contributed by atoms with van der Waals surface area (Å²) in [6.45, 7) is 1.46. The molecule has 0 spiro atoms. The van der Waals surface area contributed by atoms with Crippen LogP contribution in [0.4, 0.5) is 5.69 Å². The minimum atomic E-state index is -3.98. The molecule has 2 aliphatic heterocycles. The fourth-order valence-corrected chi connectivity index (χ4v) is 6.86. The van der Waals surface area contributed by atoms with Gasteiger partial charge in [0.25, 0.3) is 15.9 Å². The highest BCUT2D eigenvalue weighted by atomic mass is 32.2. The summed E-state index contributed by atoms with van der Waals surface area (Å²) in [6.07, 6.45) is 3.30. The van der Waals surface area contributed by atoms with Crippen LogP contribution in [0, 0.1) is 0 Å².